The van der Waals surface area contributed by atoms with E-state index in [-0.39, 0.29) is 5.69 Å². The van der Waals surface area contributed by atoms with Crippen LogP contribution in [0.3, 0.4) is 0 Å². The van der Waals surface area contributed by atoms with Gasteiger partial charge in [-0.25, -0.2) is 13.4 Å². The van der Waals surface area contributed by atoms with Crippen LogP contribution in [0.2, 0.25) is 0 Å². The van der Waals surface area contributed by atoms with Crippen molar-refractivity contribution in [2.45, 2.75) is 24.5 Å². The van der Waals surface area contributed by atoms with E-state index in [1.807, 2.05) is 29.2 Å². The number of anilines is 2. The molecule has 1 unspecified atom stereocenters. The zero-order valence-electron chi connectivity index (χ0n) is 14.7. The summed E-state index contributed by atoms with van der Waals surface area (Å²) in [5, 5.41) is 10.3. The Labute approximate surface area is 157 Å². The van der Waals surface area contributed by atoms with Crippen LogP contribution in [-0.4, -0.2) is 43.2 Å². The number of para-hydroxylation sites is 1. The Morgan fingerprint density at radius 2 is 1.96 bits per heavy atom. The molecule has 1 aromatic carbocycles. The topological polar surface area (TPSA) is 96.7 Å². The maximum Gasteiger partial charge on any atom is 0.287 e. The molecule has 1 atom stereocenters. The molecule has 8 nitrogen and oxygen atoms in total. The monoisotopic (exact) mass is 388 g/mol. The molecule has 1 saturated heterocycles. The number of fused-ring (bicyclic) bond motifs is 1. The highest BCUT2D eigenvalue weighted by atomic mass is 32.2. The average molecular weight is 388 g/mol. The van der Waals surface area contributed by atoms with Crippen molar-refractivity contribution in [3.63, 3.8) is 0 Å². The molecule has 0 radical (unpaired) electrons. The fourth-order valence-corrected chi connectivity index (χ4v) is 5.81. The van der Waals surface area contributed by atoms with Gasteiger partial charge in [0.15, 0.2) is 0 Å². The molecule has 142 valence electrons. The Morgan fingerprint density at radius 3 is 2.70 bits per heavy atom. The molecule has 1 fully saturated rings. The summed E-state index contributed by atoms with van der Waals surface area (Å²) in [5.74, 6) is 0.572. The van der Waals surface area contributed by atoms with Crippen LogP contribution in [0.4, 0.5) is 17.2 Å². The third-order valence-electron chi connectivity index (χ3n) is 5.22. The van der Waals surface area contributed by atoms with Gasteiger partial charge in [-0.1, -0.05) is 18.2 Å². The van der Waals surface area contributed by atoms with E-state index in [0.29, 0.717) is 31.9 Å². The number of hydrogen-bond donors (Lipinski definition) is 0. The molecule has 0 spiro atoms. The van der Waals surface area contributed by atoms with Crippen molar-refractivity contribution in [2.24, 2.45) is 0 Å². The second kappa shape index (κ2) is 6.80. The summed E-state index contributed by atoms with van der Waals surface area (Å²) in [6, 6.07) is 10.6. The second-order valence-corrected chi connectivity index (χ2v) is 8.98. The molecule has 2 aromatic rings. The van der Waals surface area contributed by atoms with Crippen LogP contribution < -0.4 is 9.21 Å². The normalized spacial score (nSPS) is 19.8. The summed E-state index contributed by atoms with van der Waals surface area (Å²) in [4.78, 5) is 16.3. The molecule has 0 N–H and O–H groups in total. The number of piperidine rings is 1. The van der Waals surface area contributed by atoms with Gasteiger partial charge in [-0.3, -0.25) is 14.4 Å². The van der Waals surface area contributed by atoms with E-state index in [9.17, 15) is 18.5 Å². The van der Waals surface area contributed by atoms with E-state index < -0.39 is 20.2 Å². The molecular formula is C18H20N4O4S. The van der Waals surface area contributed by atoms with Crippen LogP contribution in [-0.2, 0) is 16.4 Å². The first-order valence-electron chi connectivity index (χ1n) is 8.91. The molecule has 27 heavy (non-hydrogen) atoms. The van der Waals surface area contributed by atoms with Gasteiger partial charge >= 0.3 is 0 Å². The van der Waals surface area contributed by atoms with Crippen molar-refractivity contribution in [2.75, 3.05) is 28.8 Å². The molecule has 1 aromatic heterocycles. The van der Waals surface area contributed by atoms with Crippen molar-refractivity contribution in [3.05, 3.63) is 58.3 Å². The summed E-state index contributed by atoms with van der Waals surface area (Å²) in [5.41, 5.74) is 1.77. The molecule has 0 bridgehead atoms. The largest absolute Gasteiger partial charge is 0.355 e. The van der Waals surface area contributed by atoms with E-state index in [1.54, 1.807) is 10.4 Å². The maximum absolute atomic E-state index is 13.3. The number of sulfonamides is 1. The number of rotatable bonds is 4. The van der Waals surface area contributed by atoms with Crippen molar-refractivity contribution in [3.8, 4) is 0 Å². The molecule has 9 heteroatoms. The van der Waals surface area contributed by atoms with Gasteiger partial charge < -0.3 is 4.90 Å². The highest BCUT2D eigenvalue weighted by Gasteiger charge is 2.38. The predicted molar refractivity (Wildman–Crippen MR) is 103 cm³/mol. The predicted octanol–water partition coefficient (Wildman–Crippen LogP) is 2.35. The minimum atomic E-state index is -3.48. The van der Waals surface area contributed by atoms with Crippen LogP contribution in [0.15, 0.2) is 42.6 Å². The lowest BCUT2D eigenvalue weighted by atomic mass is 10.1. The van der Waals surface area contributed by atoms with Gasteiger partial charge in [0.1, 0.15) is 12.0 Å². The van der Waals surface area contributed by atoms with Gasteiger partial charge in [0, 0.05) is 25.7 Å². The third kappa shape index (κ3) is 3.23. The lowest BCUT2D eigenvalue weighted by molar-refractivity contribution is -0.385. The standard InChI is InChI=1S/C18H20N4O4S/c23-22(24)15-7-8-18(19-12-15)20-10-3-5-16(13-20)27(25,26)21-11-9-14-4-1-2-6-17(14)21/h1-2,4,6-8,12,16H,3,5,9-11,13H2. The SMILES string of the molecule is O=[N+]([O-])c1ccc(N2CCCC(S(=O)(=O)N3CCc4ccccc43)C2)nc1. The molecular weight excluding hydrogens is 368 g/mol. The quantitative estimate of drug-likeness (QED) is 0.589. The van der Waals surface area contributed by atoms with E-state index in [0.717, 1.165) is 24.1 Å². The minimum absolute atomic E-state index is 0.0754. The van der Waals surface area contributed by atoms with Crippen LogP contribution in [0.1, 0.15) is 18.4 Å². The van der Waals surface area contributed by atoms with Crippen molar-refractivity contribution < 1.29 is 13.3 Å². The van der Waals surface area contributed by atoms with E-state index in [1.165, 1.54) is 12.3 Å². The van der Waals surface area contributed by atoms with Crippen LogP contribution in [0.5, 0.6) is 0 Å². The summed E-state index contributed by atoms with van der Waals surface area (Å²) in [6.07, 6.45) is 3.28. The molecule has 3 heterocycles. The molecule has 2 aliphatic rings. The Bertz CT molecular complexity index is 962. The van der Waals surface area contributed by atoms with Crippen molar-refractivity contribution in [1.82, 2.24) is 4.98 Å². The number of benzene rings is 1. The maximum atomic E-state index is 13.3. The Morgan fingerprint density at radius 1 is 1.15 bits per heavy atom. The molecule has 2 aliphatic heterocycles. The zero-order valence-corrected chi connectivity index (χ0v) is 15.5. The Kier molecular flexibility index (Phi) is 4.47. The lowest BCUT2D eigenvalue weighted by Gasteiger charge is -2.35. The third-order valence-corrected chi connectivity index (χ3v) is 7.44. The summed E-state index contributed by atoms with van der Waals surface area (Å²) >= 11 is 0. The zero-order chi connectivity index (χ0) is 19.0. The number of nitro groups is 1. The Hall–Kier alpha value is -2.68. The smallest absolute Gasteiger partial charge is 0.287 e. The molecule has 0 amide bonds. The fourth-order valence-electron chi connectivity index (χ4n) is 3.81. The van der Waals surface area contributed by atoms with Gasteiger partial charge in [-0.15, -0.1) is 0 Å². The fraction of sp³-hybridized carbons (Fsp3) is 0.389. The van der Waals surface area contributed by atoms with Gasteiger partial charge in [0.05, 0.1) is 15.9 Å². The van der Waals surface area contributed by atoms with Gasteiger partial charge in [0.2, 0.25) is 10.0 Å². The van der Waals surface area contributed by atoms with Crippen LogP contribution in [0.25, 0.3) is 0 Å². The summed E-state index contributed by atoms with van der Waals surface area (Å²) in [6.45, 7) is 1.51. The van der Waals surface area contributed by atoms with Crippen molar-refractivity contribution >= 4 is 27.2 Å². The number of aromatic nitrogens is 1. The van der Waals surface area contributed by atoms with Crippen molar-refractivity contribution in [1.29, 1.82) is 0 Å². The number of pyridine rings is 1. The second-order valence-electron chi connectivity index (χ2n) is 6.84. The van der Waals surface area contributed by atoms with E-state index in [4.69, 9.17) is 0 Å². The van der Waals surface area contributed by atoms with Gasteiger partial charge in [-0.2, -0.15) is 0 Å². The van der Waals surface area contributed by atoms with Gasteiger partial charge in [0.25, 0.3) is 5.69 Å². The molecule has 0 aliphatic carbocycles. The van der Waals surface area contributed by atoms with E-state index in [2.05, 4.69) is 4.98 Å². The first kappa shape index (κ1) is 17.7. The van der Waals surface area contributed by atoms with Crippen LogP contribution in [0, 0.1) is 10.1 Å². The Balaban J connectivity index is 1.55. The van der Waals surface area contributed by atoms with E-state index >= 15 is 0 Å². The van der Waals surface area contributed by atoms with Crippen LogP contribution >= 0.6 is 0 Å². The first-order valence-corrected chi connectivity index (χ1v) is 10.4. The highest BCUT2D eigenvalue weighted by Crippen LogP contribution is 2.33. The first-order chi connectivity index (χ1) is 13.0. The summed E-state index contributed by atoms with van der Waals surface area (Å²) < 4.78 is 28.1. The van der Waals surface area contributed by atoms with Gasteiger partial charge in [-0.05, 0) is 37.0 Å². The highest BCUT2D eigenvalue weighted by molar-refractivity contribution is 7.93. The number of nitrogens with zero attached hydrogens (tertiary/aromatic N) is 4. The number of hydrogen-bond acceptors (Lipinski definition) is 6. The summed E-state index contributed by atoms with van der Waals surface area (Å²) in [7, 11) is -3.48. The average Bonchev–Trinajstić information content (AvgIpc) is 3.13. The minimum Gasteiger partial charge on any atom is -0.355 e. The molecule has 4 rings (SSSR count). The molecule has 0 saturated carbocycles. The lowest BCUT2D eigenvalue weighted by Crippen LogP contribution is -2.48.